The van der Waals surface area contributed by atoms with Crippen molar-refractivity contribution < 1.29 is 9.13 Å². The number of halogens is 2. The third kappa shape index (κ3) is 2.27. The lowest BCUT2D eigenvalue weighted by Crippen LogP contribution is -2.09. The molecule has 0 aliphatic rings. The highest BCUT2D eigenvalue weighted by atomic mass is 35.5. The van der Waals surface area contributed by atoms with Crippen molar-refractivity contribution in [2.75, 3.05) is 5.73 Å². The number of nitriles is 1. The van der Waals surface area contributed by atoms with Crippen molar-refractivity contribution in [3.05, 3.63) is 23.0 Å². The van der Waals surface area contributed by atoms with E-state index in [-0.39, 0.29) is 16.5 Å². The van der Waals surface area contributed by atoms with Crippen LogP contribution in [0.15, 0.2) is 12.1 Å². The first-order valence-corrected chi connectivity index (χ1v) is 4.23. The molecule has 0 saturated heterocycles. The van der Waals surface area contributed by atoms with Gasteiger partial charge in [0.05, 0.1) is 10.7 Å². The Labute approximate surface area is 85.8 Å². The van der Waals surface area contributed by atoms with Gasteiger partial charge in [-0.2, -0.15) is 5.26 Å². The van der Waals surface area contributed by atoms with Crippen LogP contribution in [-0.4, -0.2) is 6.10 Å². The van der Waals surface area contributed by atoms with Gasteiger partial charge in [0.1, 0.15) is 17.6 Å². The summed E-state index contributed by atoms with van der Waals surface area (Å²) in [6, 6.07) is 4.15. The molecule has 2 N–H and O–H groups in total. The molecule has 0 aliphatic heterocycles. The van der Waals surface area contributed by atoms with Crippen LogP contribution in [0, 0.1) is 17.1 Å². The van der Waals surface area contributed by atoms with E-state index in [0.717, 1.165) is 6.07 Å². The molecule has 0 radical (unpaired) electrons. The minimum absolute atomic E-state index is 0.0491. The molecule has 74 valence electrons. The highest BCUT2D eigenvalue weighted by Gasteiger charge is 2.10. The Morgan fingerprint density at radius 1 is 1.64 bits per heavy atom. The Hall–Kier alpha value is -1.47. The fourth-order valence-corrected chi connectivity index (χ4v) is 1.07. The monoisotopic (exact) mass is 214 g/mol. The summed E-state index contributed by atoms with van der Waals surface area (Å²) < 4.78 is 18.0. The third-order valence-corrected chi connectivity index (χ3v) is 1.83. The topological polar surface area (TPSA) is 59.0 Å². The predicted octanol–water partition coefficient (Wildman–Crippen LogP) is 2.35. The van der Waals surface area contributed by atoms with E-state index in [1.807, 2.05) is 6.07 Å². The number of ether oxygens (including phenoxy) is 1. The molecule has 1 rings (SSSR count). The van der Waals surface area contributed by atoms with E-state index in [0.29, 0.717) is 0 Å². The maximum atomic E-state index is 13.0. The van der Waals surface area contributed by atoms with Crippen LogP contribution in [0.5, 0.6) is 5.75 Å². The van der Waals surface area contributed by atoms with Crippen LogP contribution in [0.25, 0.3) is 0 Å². The summed E-state index contributed by atoms with van der Waals surface area (Å²) in [4.78, 5) is 0. The fourth-order valence-electron chi connectivity index (χ4n) is 0.851. The quantitative estimate of drug-likeness (QED) is 0.769. The normalized spacial score (nSPS) is 11.9. The van der Waals surface area contributed by atoms with Crippen LogP contribution in [0.1, 0.15) is 6.92 Å². The minimum atomic E-state index is -0.685. The maximum Gasteiger partial charge on any atom is 0.181 e. The van der Waals surface area contributed by atoms with E-state index in [4.69, 9.17) is 27.3 Å². The van der Waals surface area contributed by atoms with Gasteiger partial charge < -0.3 is 10.5 Å². The highest BCUT2D eigenvalue weighted by molar-refractivity contribution is 6.32. The predicted molar refractivity (Wildman–Crippen MR) is 51.5 cm³/mol. The molecule has 1 unspecified atom stereocenters. The van der Waals surface area contributed by atoms with Crippen LogP contribution < -0.4 is 10.5 Å². The molecule has 0 bridgehead atoms. The van der Waals surface area contributed by atoms with Gasteiger partial charge in [0, 0.05) is 6.07 Å². The van der Waals surface area contributed by atoms with E-state index in [1.54, 1.807) is 0 Å². The Balaban J connectivity index is 2.99. The number of rotatable bonds is 2. The first-order valence-electron chi connectivity index (χ1n) is 3.85. The number of nitrogens with zero attached hydrogens (tertiary/aromatic N) is 1. The lowest BCUT2D eigenvalue weighted by molar-refractivity contribution is 0.275. The Morgan fingerprint density at radius 2 is 2.29 bits per heavy atom. The van der Waals surface area contributed by atoms with Crippen LogP contribution in [0.3, 0.4) is 0 Å². The van der Waals surface area contributed by atoms with E-state index in [2.05, 4.69) is 0 Å². The van der Waals surface area contributed by atoms with Gasteiger partial charge in [0.2, 0.25) is 0 Å². The van der Waals surface area contributed by atoms with Gasteiger partial charge in [-0.3, -0.25) is 0 Å². The van der Waals surface area contributed by atoms with Crippen molar-refractivity contribution in [2.24, 2.45) is 0 Å². The van der Waals surface area contributed by atoms with Gasteiger partial charge in [-0.1, -0.05) is 11.6 Å². The highest BCUT2D eigenvalue weighted by Crippen LogP contribution is 2.29. The fraction of sp³-hybridized carbons (Fsp3) is 0.222. The van der Waals surface area contributed by atoms with Gasteiger partial charge in [0.25, 0.3) is 0 Å². The first kappa shape index (κ1) is 10.6. The molecule has 0 aliphatic carbocycles. The lowest BCUT2D eigenvalue weighted by Gasteiger charge is -2.10. The summed E-state index contributed by atoms with van der Waals surface area (Å²) in [6.07, 6.45) is -0.685. The molecule has 1 atom stereocenters. The number of benzene rings is 1. The molecule has 0 aromatic heterocycles. The zero-order valence-corrected chi connectivity index (χ0v) is 8.18. The van der Waals surface area contributed by atoms with Gasteiger partial charge >= 0.3 is 0 Å². The molecule has 0 heterocycles. The second kappa shape index (κ2) is 4.16. The zero-order chi connectivity index (χ0) is 10.7. The van der Waals surface area contributed by atoms with Crippen molar-refractivity contribution >= 4 is 17.3 Å². The Morgan fingerprint density at radius 3 is 2.86 bits per heavy atom. The third-order valence-electron chi connectivity index (χ3n) is 1.54. The second-order valence-electron chi connectivity index (χ2n) is 2.69. The van der Waals surface area contributed by atoms with Gasteiger partial charge in [-0.15, -0.1) is 0 Å². The van der Waals surface area contributed by atoms with Crippen LogP contribution in [0.2, 0.25) is 5.02 Å². The van der Waals surface area contributed by atoms with Crippen molar-refractivity contribution in [1.82, 2.24) is 0 Å². The molecule has 5 heteroatoms. The molecule has 0 amide bonds. The van der Waals surface area contributed by atoms with Gasteiger partial charge in [-0.25, -0.2) is 4.39 Å². The first-order chi connectivity index (χ1) is 6.54. The summed E-state index contributed by atoms with van der Waals surface area (Å²) in [6.45, 7) is 1.53. The summed E-state index contributed by atoms with van der Waals surface area (Å²) in [5.41, 5.74) is 5.22. The van der Waals surface area contributed by atoms with Crippen LogP contribution in [0.4, 0.5) is 10.1 Å². The van der Waals surface area contributed by atoms with Crippen molar-refractivity contribution in [3.63, 3.8) is 0 Å². The summed E-state index contributed by atoms with van der Waals surface area (Å²) in [5.74, 6) is -0.498. The van der Waals surface area contributed by atoms with E-state index in [9.17, 15) is 4.39 Å². The Bertz CT molecular complexity index is 389. The van der Waals surface area contributed by atoms with Crippen LogP contribution in [-0.2, 0) is 0 Å². The lowest BCUT2D eigenvalue weighted by atomic mass is 10.3. The van der Waals surface area contributed by atoms with Crippen molar-refractivity contribution in [3.8, 4) is 11.8 Å². The SMILES string of the molecule is CC(C#N)Oc1cc(F)c(N)cc1Cl. The van der Waals surface area contributed by atoms with Gasteiger partial charge in [-0.05, 0) is 13.0 Å². The summed E-state index contributed by atoms with van der Waals surface area (Å²) >= 11 is 5.72. The van der Waals surface area contributed by atoms with E-state index < -0.39 is 11.9 Å². The van der Waals surface area contributed by atoms with Crippen molar-refractivity contribution in [2.45, 2.75) is 13.0 Å². The van der Waals surface area contributed by atoms with Gasteiger partial charge in [0.15, 0.2) is 6.10 Å². The largest absolute Gasteiger partial charge is 0.474 e. The molecule has 0 fully saturated rings. The number of nitrogen functional groups attached to an aromatic ring is 1. The Kier molecular flexibility index (Phi) is 3.15. The number of anilines is 1. The molecule has 0 saturated carbocycles. The molecule has 3 nitrogen and oxygen atoms in total. The number of nitrogens with two attached hydrogens (primary N) is 1. The number of hydrogen-bond acceptors (Lipinski definition) is 3. The molecule has 14 heavy (non-hydrogen) atoms. The maximum absolute atomic E-state index is 13.0. The molecule has 1 aromatic carbocycles. The zero-order valence-electron chi connectivity index (χ0n) is 7.42. The molecular weight excluding hydrogens is 207 g/mol. The smallest absolute Gasteiger partial charge is 0.181 e. The van der Waals surface area contributed by atoms with E-state index in [1.165, 1.54) is 13.0 Å². The standard InChI is InChI=1S/C9H8ClFN2O/c1-5(4-12)14-9-3-7(11)8(13)2-6(9)10/h2-3,5H,13H2,1H3. The average Bonchev–Trinajstić information content (AvgIpc) is 2.14. The van der Waals surface area contributed by atoms with Crippen molar-refractivity contribution in [1.29, 1.82) is 5.26 Å². The summed E-state index contributed by atoms with van der Waals surface area (Å²) in [7, 11) is 0. The second-order valence-corrected chi connectivity index (χ2v) is 3.10. The minimum Gasteiger partial charge on any atom is -0.474 e. The average molecular weight is 215 g/mol. The van der Waals surface area contributed by atoms with E-state index >= 15 is 0 Å². The summed E-state index contributed by atoms with van der Waals surface area (Å²) in [5, 5.41) is 8.66. The molecule has 1 aromatic rings. The van der Waals surface area contributed by atoms with Crippen LogP contribution >= 0.6 is 11.6 Å². The number of hydrogen-bond donors (Lipinski definition) is 1. The molecular formula is C9H8ClFN2O. The molecule has 0 spiro atoms.